The second-order valence-electron chi connectivity index (χ2n) is 6.99. The number of carbonyl (C=O) groups is 2. The number of carbonyl (C=O) groups excluding carboxylic acids is 1. The third kappa shape index (κ3) is 4.82. The second-order valence-corrected chi connectivity index (χ2v) is 8.91. The van der Waals surface area contributed by atoms with Crippen LogP contribution in [0.4, 0.5) is 0 Å². The number of fused-ring (bicyclic) bond motifs is 1. The first-order valence-electron chi connectivity index (χ1n) is 9.37. The average molecular weight is 444 g/mol. The van der Waals surface area contributed by atoms with Crippen LogP contribution in [0.1, 0.15) is 32.6 Å². The van der Waals surface area contributed by atoms with Crippen molar-refractivity contribution in [2.45, 2.75) is 49.6 Å². The number of aromatic nitrogens is 2. The molecule has 2 N–H and O–H groups in total. The molecular formula is C19H23Cl2N3O3S. The molecule has 0 aliphatic carbocycles. The van der Waals surface area contributed by atoms with Gasteiger partial charge in [-0.25, -0.2) is 4.98 Å². The fraction of sp³-hybridized carbons (Fsp3) is 0.526. The van der Waals surface area contributed by atoms with Crippen LogP contribution in [0, 0.1) is 5.92 Å². The zero-order valence-corrected chi connectivity index (χ0v) is 17.9. The summed E-state index contributed by atoms with van der Waals surface area (Å²) in [5.74, 6) is -0.600. The van der Waals surface area contributed by atoms with Gasteiger partial charge < -0.3 is 15.0 Å². The molecule has 0 saturated carbocycles. The summed E-state index contributed by atoms with van der Waals surface area (Å²) in [7, 11) is 0. The maximum absolute atomic E-state index is 12.9. The van der Waals surface area contributed by atoms with Gasteiger partial charge in [-0.2, -0.15) is 0 Å². The van der Waals surface area contributed by atoms with Gasteiger partial charge in [0, 0.05) is 6.42 Å². The van der Waals surface area contributed by atoms with Gasteiger partial charge in [0.25, 0.3) is 0 Å². The molecule has 0 bridgehead atoms. The molecule has 2 heterocycles. The molecule has 2 atom stereocenters. The molecule has 2 unspecified atom stereocenters. The highest BCUT2D eigenvalue weighted by atomic mass is 35.5. The van der Waals surface area contributed by atoms with Gasteiger partial charge in [0.15, 0.2) is 5.16 Å². The Morgan fingerprint density at radius 2 is 2.14 bits per heavy atom. The van der Waals surface area contributed by atoms with Crippen molar-refractivity contribution in [3.05, 3.63) is 22.2 Å². The Hall–Kier alpha value is -1.28. The van der Waals surface area contributed by atoms with Gasteiger partial charge in [-0.3, -0.25) is 9.59 Å². The highest BCUT2D eigenvalue weighted by molar-refractivity contribution is 8.00. The van der Waals surface area contributed by atoms with Crippen LogP contribution >= 0.6 is 35.0 Å². The number of carboxylic acids is 1. The van der Waals surface area contributed by atoms with Crippen molar-refractivity contribution >= 4 is 57.7 Å². The van der Waals surface area contributed by atoms with E-state index in [-0.39, 0.29) is 23.5 Å². The van der Waals surface area contributed by atoms with E-state index in [1.165, 1.54) is 11.8 Å². The zero-order valence-electron chi connectivity index (χ0n) is 15.6. The summed E-state index contributed by atoms with van der Waals surface area (Å²) in [6, 6.07) is 3.26. The molecule has 0 spiro atoms. The number of carboxylic acid groups (broad SMARTS) is 1. The van der Waals surface area contributed by atoms with E-state index in [2.05, 4.69) is 10.3 Å². The predicted octanol–water partition coefficient (Wildman–Crippen LogP) is 4.26. The van der Waals surface area contributed by atoms with Crippen LogP contribution in [0.25, 0.3) is 11.0 Å². The molecule has 1 saturated heterocycles. The van der Waals surface area contributed by atoms with Gasteiger partial charge in [0.05, 0.1) is 26.3 Å². The van der Waals surface area contributed by atoms with Crippen LogP contribution < -0.4 is 5.32 Å². The van der Waals surface area contributed by atoms with E-state index >= 15 is 0 Å². The van der Waals surface area contributed by atoms with Crippen molar-refractivity contribution in [1.29, 1.82) is 0 Å². The van der Waals surface area contributed by atoms with Gasteiger partial charge in [-0.1, -0.05) is 41.9 Å². The van der Waals surface area contributed by atoms with Gasteiger partial charge in [-0.15, -0.1) is 0 Å². The molecule has 3 rings (SSSR count). The van der Waals surface area contributed by atoms with E-state index in [0.29, 0.717) is 32.7 Å². The van der Waals surface area contributed by atoms with Gasteiger partial charge in [0.2, 0.25) is 0 Å². The summed E-state index contributed by atoms with van der Waals surface area (Å²) in [6.07, 6.45) is 3.28. The van der Waals surface area contributed by atoms with Crippen LogP contribution in [0.5, 0.6) is 0 Å². The Labute approximate surface area is 178 Å². The first kappa shape index (κ1) is 21.4. The van der Waals surface area contributed by atoms with Crippen LogP contribution in [0.3, 0.4) is 0 Å². The summed E-state index contributed by atoms with van der Waals surface area (Å²) in [5, 5.41) is 13.7. The quantitative estimate of drug-likeness (QED) is 0.592. The number of nitrogens with one attached hydrogen (secondary N) is 1. The highest BCUT2D eigenvalue weighted by Gasteiger charge is 2.32. The number of ketones is 1. The SMILES string of the molecule is CCCC(=O)C(Sc1nc2cc(Cl)c(Cl)cc2n1CC(=O)O)C1CCCNC1. The Bertz CT molecular complexity index is 881. The Morgan fingerprint density at radius 1 is 1.39 bits per heavy atom. The normalized spacial score (nSPS) is 18.3. The average Bonchev–Trinajstić information content (AvgIpc) is 2.97. The van der Waals surface area contributed by atoms with E-state index in [1.54, 1.807) is 16.7 Å². The van der Waals surface area contributed by atoms with Crippen LogP contribution in [0.15, 0.2) is 17.3 Å². The fourth-order valence-corrected chi connectivity index (χ4v) is 5.20. The number of aliphatic carboxylic acids is 1. The topological polar surface area (TPSA) is 84.2 Å². The van der Waals surface area contributed by atoms with Crippen molar-refractivity contribution < 1.29 is 14.7 Å². The lowest BCUT2D eigenvalue weighted by Gasteiger charge is -2.29. The molecule has 0 radical (unpaired) electrons. The number of halogens is 2. The number of rotatable bonds is 8. The van der Waals surface area contributed by atoms with E-state index in [1.807, 2.05) is 6.92 Å². The van der Waals surface area contributed by atoms with E-state index < -0.39 is 5.97 Å². The number of nitrogens with zero attached hydrogens (tertiary/aromatic N) is 2. The van der Waals surface area contributed by atoms with Crippen molar-refractivity contribution in [2.24, 2.45) is 5.92 Å². The van der Waals surface area contributed by atoms with Crippen molar-refractivity contribution in [2.75, 3.05) is 13.1 Å². The molecule has 0 amide bonds. The predicted molar refractivity (Wildman–Crippen MR) is 113 cm³/mol. The summed E-state index contributed by atoms with van der Waals surface area (Å²) < 4.78 is 1.60. The van der Waals surface area contributed by atoms with Crippen molar-refractivity contribution in [3.8, 4) is 0 Å². The lowest BCUT2D eigenvalue weighted by Crippen LogP contribution is -2.39. The Kier molecular flexibility index (Phi) is 7.25. The minimum Gasteiger partial charge on any atom is -0.480 e. The number of hydrogen-bond acceptors (Lipinski definition) is 5. The van der Waals surface area contributed by atoms with E-state index in [9.17, 15) is 14.7 Å². The summed E-state index contributed by atoms with van der Waals surface area (Å²) >= 11 is 13.6. The standard InChI is InChI=1S/C19H23Cl2N3O3S/c1-2-4-16(25)18(11-5-3-6-22-9-11)28-19-23-14-7-12(20)13(21)8-15(14)24(19)10-17(26)27/h7-8,11,18,22H,2-6,9-10H2,1H3,(H,26,27). The summed E-state index contributed by atoms with van der Waals surface area (Å²) in [4.78, 5) is 28.9. The van der Waals surface area contributed by atoms with E-state index in [0.717, 1.165) is 32.4 Å². The second kappa shape index (κ2) is 9.48. The minimum absolute atomic E-state index is 0.186. The lowest BCUT2D eigenvalue weighted by molar-refractivity contribution is -0.137. The molecule has 2 aromatic rings. The molecule has 1 aliphatic heterocycles. The van der Waals surface area contributed by atoms with Gasteiger partial charge >= 0.3 is 5.97 Å². The Balaban J connectivity index is 2.01. The number of Topliss-reactive ketones (excluding diaryl/α,β-unsaturated/α-hetero) is 1. The summed E-state index contributed by atoms with van der Waals surface area (Å²) in [6.45, 7) is 3.48. The molecule has 152 valence electrons. The fourth-order valence-electron chi connectivity index (χ4n) is 3.54. The van der Waals surface area contributed by atoms with E-state index in [4.69, 9.17) is 23.2 Å². The molecule has 1 aliphatic rings. The maximum Gasteiger partial charge on any atom is 0.323 e. The highest BCUT2D eigenvalue weighted by Crippen LogP contribution is 2.36. The lowest BCUT2D eigenvalue weighted by atomic mass is 9.92. The van der Waals surface area contributed by atoms with Crippen LogP contribution in [-0.4, -0.2) is 44.7 Å². The minimum atomic E-state index is -0.983. The molecule has 1 aromatic heterocycles. The molecule has 1 aromatic carbocycles. The maximum atomic E-state index is 12.9. The monoisotopic (exact) mass is 443 g/mol. The third-order valence-corrected chi connectivity index (χ3v) is 7.00. The number of piperidine rings is 1. The first-order valence-corrected chi connectivity index (χ1v) is 11.0. The largest absolute Gasteiger partial charge is 0.480 e. The number of imidazole rings is 1. The zero-order chi connectivity index (χ0) is 20.3. The third-order valence-electron chi connectivity index (χ3n) is 4.86. The molecule has 9 heteroatoms. The molecule has 28 heavy (non-hydrogen) atoms. The van der Waals surface area contributed by atoms with Gasteiger partial charge in [0.1, 0.15) is 12.3 Å². The number of benzene rings is 1. The molecule has 1 fully saturated rings. The number of thioether (sulfide) groups is 1. The smallest absolute Gasteiger partial charge is 0.323 e. The van der Waals surface area contributed by atoms with Crippen LogP contribution in [-0.2, 0) is 16.1 Å². The molecular weight excluding hydrogens is 421 g/mol. The van der Waals surface area contributed by atoms with Gasteiger partial charge in [-0.05, 0) is 50.4 Å². The Morgan fingerprint density at radius 3 is 2.79 bits per heavy atom. The van der Waals surface area contributed by atoms with Crippen molar-refractivity contribution in [1.82, 2.24) is 14.9 Å². The summed E-state index contributed by atoms with van der Waals surface area (Å²) in [5.41, 5.74) is 1.17. The molecule has 6 nitrogen and oxygen atoms in total. The van der Waals surface area contributed by atoms with Crippen LogP contribution in [0.2, 0.25) is 10.0 Å². The number of hydrogen-bond donors (Lipinski definition) is 2. The first-order chi connectivity index (χ1) is 13.4. The van der Waals surface area contributed by atoms with Crippen molar-refractivity contribution in [3.63, 3.8) is 0 Å².